The molecule has 0 radical (unpaired) electrons. The van der Waals surface area contributed by atoms with E-state index in [0.717, 1.165) is 34.9 Å². The molecule has 0 bridgehead atoms. The van der Waals surface area contributed by atoms with E-state index in [1.165, 1.54) is 11.3 Å². The second-order valence-corrected chi connectivity index (χ2v) is 6.78. The van der Waals surface area contributed by atoms with E-state index in [-0.39, 0.29) is 17.4 Å². The van der Waals surface area contributed by atoms with Gasteiger partial charge in [-0.3, -0.25) is 4.79 Å². The van der Waals surface area contributed by atoms with Gasteiger partial charge < -0.3 is 11.1 Å². The first-order valence-electron chi connectivity index (χ1n) is 6.34. The van der Waals surface area contributed by atoms with Gasteiger partial charge >= 0.3 is 0 Å². The van der Waals surface area contributed by atoms with Crippen LogP contribution in [0.3, 0.4) is 0 Å². The SMILES string of the molecule is CC(NC(=O)C1(CN)CCCC1)c1ccc(Cl)s1. The molecule has 1 aliphatic rings. The Kier molecular flexibility index (Phi) is 4.30. The van der Waals surface area contributed by atoms with Gasteiger partial charge in [-0.1, -0.05) is 24.4 Å². The fraction of sp³-hybridized carbons (Fsp3) is 0.615. The highest BCUT2D eigenvalue weighted by Gasteiger charge is 2.40. The number of rotatable bonds is 4. The fourth-order valence-electron chi connectivity index (χ4n) is 2.56. The summed E-state index contributed by atoms with van der Waals surface area (Å²) in [5.74, 6) is 0.0968. The van der Waals surface area contributed by atoms with E-state index < -0.39 is 0 Å². The summed E-state index contributed by atoms with van der Waals surface area (Å²) in [6, 6.07) is 3.82. The maximum absolute atomic E-state index is 12.4. The van der Waals surface area contributed by atoms with Crippen LogP contribution in [0.1, 0.15) is 43.5 Å². The second-order valence-electron chi connectivity index (χ2n) is 5.03. The number of carbonyl (C=O) groups is 1. The molecule has 3 nitrogen and oxygen atoms in total. The molecule has 1 fully saturated rings. The first-order valence-corrected chi connectivity index (χ1v) is 7.53. The smallest absolute Gasteiger partial charge is 0.227 e. The molecule has 1 aliphatic carbocycles. The van der Waals surface area contributed by atoms with Gasteiger partial charge in [0, 0.05) is 11.4 Å². The summed E-state index contributed by atoms with van der Waals surface area (Å²) >= 11 is 7.41. The number of hydrogen-bond acceptors (Lipinski definition) is 3. The second kappa shape index (κ2) is 5.59. The summed E-state index contributed by atoms with van der Waals surface area (Å²) in [6.45, 7) is 2.43. The predicted octanol–water partition coefficient (Wildman–Crippen LogP) is 3.10. The van der Waals surface area contributed by atoms with Gasteiger partial charge in [0.15, 0.2) is 0 Å². The van der Waals surface area contributed by atoms with E-state index in [9.17, 15) is 4.79 Å². The Morgan fingerprint density at radius 2 is 2.22 bits per heavy atom. The molecule has 1 aromatic rings. The van der Waals surface area contributed by atoms with Crippen molar-refractivity contribution in [3.63, 3.8) is 0 Å². The van der Waals surface area contributed by atoms with Gasteiger partial charge in [0.05, 0.1) is 15.8 Å². The van der Waals surface area contributed by atoms with Crippen LogP contribution in [0.4, 0.5) is 0 Å². The van der Waals surface area contributed by atoms with E-state index in [4.69, 9.17) is 17.3 Å². The highest BCUT2D eigenvalue weighted by atomic mass is 35.5. The number of nitrogens with two attached hydrogens (primary N) is 1. The minimum Gasteiger partial charge on any atom is -0.348 e. The van der Waals surface area contributed by atoms with Gasteiger partial charge in [0.2, 0.25) is 5.91 Å². The molecule has 1 heterocycles. The quantitative estimate of drug-likeness (QED) is 0.894. The standard InChI is InChI=1S/C13H19ClN2OS/c1-9(10-4-5-11(14)18-10)16-12(17)13(8-15)6-2-3-7-13/h4-5,9H,2-3,6-8,15H2,1H3,(H,16,17). The van der Waals surface area contributed by atoms with Crippen LogP contribution in [0, 0.1) is 5.41 Å². The molecular weight excluding hydrogens is 268 g/mol. The van der Waals surface area contributed by atoms with Crippen LogP contribution in [-0.2, 0) is 4.79 Å². The van der Waals surface area contributed by atoms with Gasteiger partial charge in [-0.05, 0) is 31.9 Å². The van der Waals surface area contributed by atoms with Crippen molar-refractivity contribution in [2.45, 2.75) is 38.6 Å². The van der Waals surface area contributed by atoms with E-state index in [1.54, 1.807) is 0 Å². The van der Waals surface area contributed by atoms with Gasteiger partial charge in [-0.2, -0.15) is 0 Å². The number of hydrogen-bond donors (Lipinski definition) is 2. The molecular formula is C13H19ClN2OS. The Morgan fingerprint density at radius 3 is 2.72 bits per heavy atom. The molecule has 1 aromatic heterocycles. The van der Waals surface area contributed by atoms with Crippen LogP contribution >= 0.6 is 22.9 Å². The molecule has 0 saturated heterocycles. The summed E-state index contributed by atoms with van der Waals surface area (Å²) in [5, 5.41) is 3.08. The fourth-order valence-corrected chi connectivity index (χ4v) is 3.62. The number of carbonyl (C=O) groups excluding carboxylic acids is 1. The Morgan fingerprint density at radius 1 is 1.56 bits per heavy atom. The molecule has 1 atom stereocenters. The summed E-state index contributed by atoms with van der Waals surface area (Å²) in [6.07, 6.45) is 4.02. The lowest BCUT2D eigenvalue weighted by atomic mass is 9.85. The van der Waals surface area contributed by atoms with Crippen LogP contribution in [0.25, 0.3) is 0 Å². The maximum Gasteiger partial charge on any atom is 0.227 e. The number of thiophene rings is 1. The largest absolute Gasteiger partial charge is 0.348 e. The van der Waals surface area contributed by atoms with E-state index >= 15 is 0 Å². The van der Waals surface area contributed by atoms with Crippen molar-refractivity contribution in [1.82, 2.24) is 5.32 Å². The van der Waals surface area contributed by atoms with Crippen molar-refractivity contribution in [2.75, 3.05) is 6.54 Å². The third-order valence-corrected chi connectivity index (χ3v) is 5.22. The highest BCUT2D eigenvalue weighted by Crippen LogP contribution is 2.38. The van der Waals surface area contributed by atoms with Crippen LogP contribution in [0.2, 0.25) is 4.34 Å². The molecule has 0 aromatic carbocycles. The van der Waals surface area contributed by atoms with Crippen molar-refractivity contribution in [3.05, 3.63) is 21.3 Å². The topological polar surface area (TPSA) is 55.1 Å². The van der Waals surface area contributed by atoms with Gasteiger partial charge in [-0.25, -0.2) is 0 Å². The molecule has 18 heavy (non-hydrogen) atoms. The molecule has 3 N–H and O–H groups in total. The van der Waals surface area contributed by atoms with E-state index in [2.05, 4.69) is 5.32 Å². The predicted molar refractivity (Wildman–Crippen MR) is 75.8 cm³/mol. The van der Waals surface area contributed by atoms with Gasteiger partial charge in [0.1, 0.15) is 0 Å². The third-order valence-electron chi connectivity index (χ3n) is 3.80. The molecule has 1 amide bonds. The minimum atomic E-state index is -0.338. The van der Waals surface area contributed by atoms with Crippen LogP contribution in [-0.4, -0.2) is 12.5 Å². The Bertz CT molecular complexity index is 426. The molecule has 1 saturated carbocycles. The normalized spacial score (nSPS) is 19.7. The van der Waals surface area contributed by atoms with Crippen molar-refractivity contribution in [2.24, 2.45) is 11.1 Å². The molecule has 5 heteroatoms. The zero-order chi connectivity index (χ0) is 13.2. The Labute approximate surface area is 117 Å². The first kappa shape index (κ1) is 13.8. The summed E-state index contributed by atoms with van der Waals surface area (Å²) in [5.41, 5.74) is 5.47. The average molecular weight is 287 g/mol. The van der Waals surface area contributed by atoms with Gasteiger partial charge in [0.25, 0.3) is 0 Å². The lowest BCUT2D eigenvalue weighted by molar-refractivity contribution is -0.131. The van der Waals surface area contributed by atoms with Crippen molar-refractivity contribution in [3.8, 4) is 0 Å². The molecule has 0 aliphatic heterocycles. The van der Waals surface area contributed by atoms with Crippen molar-refractivity contribution >= 4 is 28.8 Å². The van der Waals surface area contributed by atoms with Crippen molar-refractivity contribution in [1.29, 1.82) is 0 Å². The van der Waals surface area contributed by atoms with Crippen LogP contribution < -0.4 is 11.1 Å². The van der Waals surface area contributed by atoms with Gasteiger partial charge in [-0.15, -0.1) is 11.3 Å². The lowest BCUT2D eigenvalue weighted by Gasteiger charge is -2.27. The summed E-state index contributed by atoms with van der Waals surface area (Å²) in [4.78, 5) is 13.5. The molecule has 2 rings (SSSR count). The third kappa shape index (κ3) is 2.71. The molecule has 100 valence electrons. The Hall–Kier alpha value is -0.580. The average Bonchev–Trinajstić information content (AvgIpc) is 2.97. The van der Waals surface area contributed by atoms with Crippen LogP contribution in [0.5, 0.6) is 0 Å². The summed E-state index contributed by atoms with van der Waals surface area (Å²) < 4.78 is 0.750. The number of amides is 1. The zero-order valence-electron chi connectivity index (χ0n) is 10.5. The highest BCUT2D eigenvalue weighted by molar-refractivity contribution is 7.16. The Balaban J connectivity index is 2.02. The molecule has 0 spiro atoms. The minimum absolute atomic E-state index is 0.000903. The van der Waals surface area contributed by atoms with E-state index in [1.807, 2.05) is 19.1 Å². The monoisotopic (exact) mass is 286 g/mol. The maximum atomic E-state index is 12.4. The van der Waals surface area contributed by atoms with Crippen LogP contribution in [0.15, 0.2) is 12.1 Å². The number of nitrogens with one attached hydrogen (secondary N) is 1. The van der Waals surface area contributed by atoms with E-state index in [0.29, 0.717) is 6.54 Å². The lowest BCUT2D eigenvalue weighted by Crippen LogP contribution is -2.44. The number of halogens is 1. The zero-order valence-corrected chi connectivity index (χ0v) is 12.1. The molecule has 1 unspecified atom stereocenters. The summed E-state index contributed by atoms with van der Waals surface area (Å²) in [7, 11) is 0. The first-order chi connectivity index (χ1) is 8.57. The van der Waals surface area contributed by atoms with Crippen molar-refractivity contribution < 1.29 is 4.79 Å².